The van der Waals surface area contributed by atoms with E-state index in [1.165, 1.54) is 7.11 Å². The van der Waals surface area contributed by atoms with E-state index in [0.717, 1.165) is 0 Å². The van der Waals surface area contributed by atoms with Crippen molar-refractivity contribution in [2.75, 3.05) is 46.6 Å². The number of methoxy groups -OCH3 is 1. The monoisotopic (exact) mass is 281 g/mol. The van der Waals surface area contributed by atoms with E-state index in [0.29, 0.717) is 30.4 Å². The predicted molar refractivity (Wildman–Crippen MR) is 70.6 cm³/mol. The molecule has 0 aliphatic rings. The molecule has 0 aliphatic carbocycles. The van der Waals surface area contributed by atoms with Crippen LogP contribution in [0.5, 0.6) is 0 Å². The molecule has 0 aliphatic heterocycles. The fourth-order valence-corrected chi connectivity index (χ4v) is 2.71. The van der Waals surface area contributed by atoms with Gasteiger partial charge in [-0.15, -0.1) is 0 Å². The van der Waals surface area contributed by atoms with E-state index in [2.05, 4.69) is 9.46 Å². The van der Waals surface area contributed by atoms with Crippen molar-refractivity contribution in [2.45, 2.75) is 19.8 Å². The molecule has 0 aromatic carbocycles. The Balaban J connectivity index is 3.94. The molecule has 0 rings (SSSR count). The molecule has 108 valence electrons. The van der Waals surface area contributed by atoms with Crippen LogP contribution in [-0.4, -0.2) is 65.5 Å². The van der Waals surface area contributed by atoms with Crippen LogP contribution in [0.15, 0.2) is 0 Å². The maximum absolute atomic E-state index is 11.4. The SMILES string of the molecule is CCCS(=O)(=O)NCCC[N+](C)(C)CC(=O)OC. The molecule has 18 heavy (non-hydrogen) atoms. The zero-order chi connectivity index (χ0) is 14.2. The van der Waals surface area contributed by atoms with Crippen molar-refractivity contribution < 1.29 is 22.4 Å². The topological polar surface area (TPSA) is 72.5 Å². The van der Waals surface area contributed by atoms with Crippen molar-refractivity contribution in [1.29, 1.82) is 0 Å². The van der Waals surface area contributed by atoms with Crippen molar-refractivity contribution in [3.8, 4) is 0 Å². The number of carbonyl (C=O) groups is 1. The summed E-state index contributed by atoms with van der Waals surface area (Å²) in [6, 6.07) is 0. The molecule has 7 heteroatoms. The van der Waals surface area contributed by atoms with Crippen LogP contribution < -0.4 is 4.72 Å². The highest BCUT2D eigenvalue weighted by molar-refractivity contribution is 7.89. The first-order valence-electron chi connectivity index (χ1n) is 6.08. The van der Waals surface area contributed by atoms with Gasteiger partial charge in [-0.2, -0.15) is 0 Å². The van der Waals surface area contributed by atoms with Gasteiger partial charge in [0.15, 0.2) is 6.54 Å². The summed E-state index contributed by atoms with van der Waals surface area (Å²) in [5.74, 6) is -0.0977. The maximum atomic E-state index is 11.4. The average molecular weight is 281 g/mol. The van der Waals surface area contributed by atoms with E-state index in [4.69, 9.17) is 0 Å². The van der Waals surface area contributed by atoms with Crippen LogP contribution in [0.25, 0.3) is 0 Å². The van der Waals surface area contributed by atoms with Gasteiger partial charge in [0.2, 0.25) is 10.0 Å². The summed E-state index contributed by atoms with van der Waals surface area (Å²) in [4.78, 5) is 11.2. The third-order valence-corrected chi connectivity index (χ3v) is 4.11. The van der Waals surface area contributed by atoms with Crippen molar-refractivity contribution in [3.63, 3.8) is 0 Å². The summed E-state index contributed by atoms with van der Waals surface area (Å²) in [5.41, 5.74) is 0. The normalized spacial score (nSPS) is 12.4. The molecule has 0 amide bonds. The molecule has 6 nitrogen and oxygen atoms in total. The number of nitrogens with one attached hydrogen (secondary N) is 1. The summed E-state index contributed by atoms with van der Waals surface area (Å²) < 4.78 is 30.4. The molecule has 0 saturated heterocycles. The minimum absolute atomic E-state index is 0.160. The summed E-state index contributed by atoms with van der Waals surface area (Å²) >= 11 is 0. The van der Waals surface area contributed by atoms with Crippen molar-refractivity contribution in [3.05, 3.63) is 0 Å². The maximum Gasteiger partial charge on any atom is 0.361 e. The molecular weight excluding hydrogens is 256 g/mol. The van der Waals surface area contributed by atoms with Gasteiger partial charge in [-0.3, -0.25) is 0 Å². The van der Waals surface area contributed by atoms with Gasteiger partial charge in [-0.1, -0.05) is 6.92 Å². The zero-order valence-corrected chi connectivity index (χ0v) is 12.5. The highest BCUT2D eigenvalue weighted by atomic mass is 32.2. The number of sulfonamides is 1. The van der Waals surface area contributed by atoms with E-state index < -0.39 is 10.0 Å². The van der Waals surface area contributed by atoms with Gasteiger partial charge in [0, 0.05) is 13.0 Å². The number of hydrogen-bond donors (Lipinski definition) is 1. The van der Waals surface area contributed by atoms with E-state index >= 15 is 0 Å². The molecule has 0 heterocycles. The lowest BCUT2D eigenvalue weighted by molar-refractivity contribution is -0.883. The van der Waals surface area contributed by atoms with E-state index in [9.17, 15) is 13.2 Å². The molecule has 0 bridgehead atoms. The van der Waals surface area contributed by atoms with Gasteiger partial charge in [-0.05, 0) is 6.42 Å². The van der Waals surface area contributed by atoms with Crippen LogP contribution in [0.4, 0.5) is 0 Å². The quantitative estimate of drug-likeness (QED) is 0.365. The average Bonchev–Trinajstić information content (AvgIpc) is 2.23. The summed E-state index contributed by atoms with van der Waals surface area (Å²) in [7, 11) is 2.06. The lowest BCUT2D eigenvalue weighted by Crippen LogP contribution is -2.45. The molecule has 0 aromatic rings. The van der Waals surface area contributed by atoms with Crippen molar-refractivity contribution in [2.24, 2.45) is 0 Å². The highest BCUT2D eigenvalue weighted by Crippen LogP contribution is 2.00. The third kappa shape index (κ3) is 8.43. The van der Waals surface area contributed by atoms with Crippen molar-refractivity contribution >= 4 is 16.0 Å². The van der Waals surface area contributed by atoms with Crippen LogP contribution in [0.2, 0.25) is 0 Å². The smallest absolute Gasteiger partial charge is 0.361 e. The number of quaternary nitrogens is 1. The Morgan fingerprint density at radius 1 is 1.33 bits per heavy atom. The Morgan fingerprint density at radius 2 is 1.94 bits per heavy atom. The van der Waals surface area contributed by atoms with Gasteiger partial charge >= 0.3 is 5.97 Å². The van der Waals surface area contributed by atoms with Crippen LogP contribution in [0.1, 0.15) is 19.8 Å². The molecule has 0 radical (unpaired) electrons. The van der Waals surface area contributed by atoms with E-state index in [-0.39, 0.29) is 18.3 Å². The number of esters is 1. The Bertz CT molecular complexity index is 352. The number of ether oxygens (including phenoxy) is 1. The van der Waals surface area contributed by atoms with Gasteiger partial charge in [-0.25, -0.2) is 17.9 Å². The second kappa shape index (κ2) is 7.70. The largest absolute Gasteiger partial charge is 0.465 e. The van der Waals surface area contributed by atoms with E-state index in [1.54, 1.807) is 0 Å². The summed E-state index contributed by atoms with van der Waals surface area (Å²) in [5, 5.41) is 0. The van der Waals surface area contributed by atoms with Crippen LogP contribution in [0.3, 0.4) is 0 Å². The minimum atomic E-state index is -3.13. The van der Waals surface area contributed by atoms with Gasteiger partial charge < -0.3 is 9.22 Å². The predicted octanol–water partition coefficient (Wildman–Crippen LogP) is -0.0447. The number of likely N-dealkylation sites (N-methyl/N-ethyl adjacent to an activating group) is 1. The van der Waals surface area contributed by atoms with Crippen LogP contribution >= 0.6 is 0 Å². The number of nitrogens with zero attached hydrogens (tertiary/aromatic N) is 1. The molecule has 0 spiro atoms. The van der Waals surface area contributed by atoms with Crippen molar-refractivity contribution in [1.82, 2.24) is 4.72 Å². The Hall–Kier alpha value is -0.660. The molecule has 0 fully saturated rings. The number of rotatable bonds is 9. The fraction of sp³-hybridized carbons (Fsp3) is 0.909. The van der Waals surface area contributed by atoms with Gasteiger partial charge in [0.05, 0.1) is 33.5 Å². The second-order valence-corrected chi connectivity index (χ2v) is 6.89. The standard InChI is InChI=1S/C11H25N2O4S/c1-5-9-18(15,16)12-7-6-8-13(2,3)10-11(14)17-4/h12H,5-10H2,1-4H3/q+1. The fourth-order valence-electron chi connectivity index (χ4n) is 1.57. The molecule has 0 atom stereocenters. The molecule has 0 aromatic heterocycles. The second-order valence-electron chi connectivity index (χ2n) is 4.96. The third-order valence-electron chi connectivity index (χ3n) is 2.52. The Labute approximate surface area is 110 Å². The lowest BCUT2D eigenvalue weighted by atomic mass is 10.3. The molecule has 0 unspecified atom stereocenters. The van der Waals surface area contributed by atoms with Gasteiger partial charge in [0.1, 0.15) is 0 Å². The zero-order valence-electron chi connectivity index (χ0n) is 11.7. The lowest BCUT2D eigenvalue weighted by Gasteiger charge is -2.28. The van der Waals surface area contributed by atoms with E-state index in [1.807, 2.05) is 21.0 Å². The van der Waals surface area contributed by atoms with Crippen LogP contribution in [0, 0.1) is 0 Å². The molecule has 0 saturated carbocycles. The minimum Gasteiger partial charge on any atom is -0.465 e. The first-order valence-corrected chi connectivity index (χ1v) is 7.74. The first-order chi connectivity index (χ1) is 8.22. The van der Waals surface area contributed by atoms with Crippen LogP contribution in [-0.2, 0) is 19.6 Å². The molecule has 1 N–H and O–H groups in total. The molecular formula is C11H25N2O4S+. The Morgan fingerprint density at radius 3 is 2.44 bits per heavy atom. The summed E-state index contributed by atoms with van der Waals surface area (Å²) in [6.45, 7) is 3.24. The first kappa shape index (κ1) is 17.3. The highest BCUT2D eigenvalue weighted by Gasteiger charge is 2.20. The summed E-state index contributed by atoms with van der Waals surface area (Å²) in [6.07, 6.45) is 1.30. The number of hydrogen-bond acceptors (Lipinski definition) is 4. The van der Waals surface area contributed by atoms with Gasteiger partial charge in [0.25, 0.3) is 0 Å². The number of carbonyl (C=O) groups excluding carboxylic acids is 1. The Kier molecular flexibility index (Phi) is 7.42.